The van der Waals surface area contributed by atoms with Crippen LogP contribution in [-0.4, -0.2) is 38.2 Å². The molecule has 3 rings (SSSR count). The summed E-state index contributed by atoms with van der Waals surface area (Å²) in [6, 6.07) is 6.81. The number of nitrogens with zero attached hydrogens (tertiary/aromatic N) is 3. The molecule has 0 aliphatic heterocycles. The van der Waals surface area contributed by atoms with E-state index in [9.17, 15) is 27.9 Å². The third kappa shape index (κ3) is 4.91. The van der Waals surface area contributed by atoms with E-state index in [0.29, 0.717) is 11.3 Å². The summed E-state index contributed by atoms with van der Waals surface area (Å²) >= 11 is 12.0. The molecule has 0 amide bonds. The number of alkyl halides is 3. The van der Waals surface area contributed by atoms with Crippen molar-refractivity contribution >= 4 is 29.2 Å². The Morgan fingerprint density at radius 3 is 2.50 bits per heavy atom. The number of aromatic nitrogens is 3. The second kappa shape index (κ2) is 9.66. The number of benzene rings is 1. The van der Waals surface area contributed by atoms with Gasteiger partial charge in [0.25, 0.3) is 6.36 Å². The van der Waals surface area contributed by atoms with Gasteiger partial charge in [0, 0.05) is 36.1 Å². The third-order valence-corrected chi connectivity index (χ3v) is 5.23. The predicted octanol–water partition coefficient (Wildman–Crippen LogP) is 4.72. The molecule has 32 heavy (non-hydrogen) atoms. The summed E-state index contributed by atoms with van der Waals surface area (Å²) < 4.78 is 45.0. The van der Waals surface area contributed by atoms with Crippen molar-refractivity contribution in [1.82, 2.24) is 14.3 Å². The van der Waals surface area contributed by atoms with Gasteiger partial charge in [0.1, 0.15) is 5.56 Å². The molecule has 0 aliphatic carbocycles. The van der Waals surface area contributed by atoms with Gasteiger partial charge < -0.3 is 14.4 Å². The summed E-state index contributed by atoms with van der Waals surface area (Å²) in [6.45, 7) is 1.97. The quantitative estimate of drug-likeness (QED) is 0.494. The van der Waals surface area contributed by atoms with Crippen LogP contribution in [-0.2, 0) is 13.1 Å². The largest absolute Gasteiger partial charge is 0.477 e. The lowest BCUT2D eigenvalue weighted by atomic mass is 10.0. The average Bonchev–Trinajstić information content (AvgIpc) is 3.15. The summed E-state index contributed by atoms with van der Waals surface area (Å²) in [6.07, 6.45) is -4.81. The van der Waals surface area contributed by atoms with Crippen molar-refractivity contribution in [2.45, 2.75) is 32.8 Å². The number of aromatic carboxylic acids is 1. The van der Waals surface area contributed by atoms with Gasteiger partial charge in [0.15, 0.2) is 5.43 Å². The molecule has 1 unspecified atom stereocenters. The molecule has 0 fully saturated rings. The molecule has 2 heterocycles. The third-order valence-electron chi connectivity index (χ3n) is 4.49. The highest BCUT2D eigenvalue weighted by Gasteiger charge is 2.24. The molecule has 1 aromatic carbocycles. The lowest BCUT2D eigenvalue weighted by molar-refractivity contribution is -0.0692. The number of hydrogen-bond acceptors (Lipinski definition) is 4. The van der Waals surface area contributed by atoms with Crippen LogP contribution in [0.4, 0.5) is 13.2 Å². The number of pyridine rings is 1. The predicted molar refractivity (Wildman–Crippen MR) is 112 cm³/mol. The molecule has 3 aromatic rings. The average molecular weight is 490 g/mol. The van der Waals surface area contributed by atoms with Crippen LogP contribution >= 0.6 is 23.2 Å². The SMILES string of the molecule is CCn1c(Cn2ccc(OC(F)C(F)F)n2)cc(=O)c(C(=O)O)c1-c1ccc(Cl)c(Cl)c1. The first-order chi connectivity index (χ1) is 15.1. The van der Waals surface area contributed by atoms with Crippen LogP contribution in [0.3, 0.4) is 0 Å². The van der Waals surface area contributed by atoms with E-state index in [-0.39, 0.29) is 34.7 Å². The first kappa shape index (κ1) is 23.7. The van der Waals surface area contributed by atoms with Crippen LogP contribution in [0.2, 0.25) is 10.0 Å². The number of ether oxygens (including phenoxy) is 1. The zero-order valence-corrected chi connectivity index (χ0v) is 17.9. The molecular formula is C20H16Cl2F3N3O4. The molecule has 1 N–H and O–H groups in total. The fourth-order valence-electron chi connectivity index (χ4n) is 3.17. The Morgan fingerprint density at radius 2 is 1.91 bits per heavy atom. The second-order valence-electron chi connectivity index (χ2n) is 6.56. The van der Waals surface area contributed by atoms with Crippen LogP contribution in [0.5, 0.6) is 5.88 Å². The molecule has 0 aliphatic rings. The minimum Gasteiger partial charge on any atom is -0.477 e. The van der Waals surface area contributed by atoms with Gasteiger partial charge in [-0.25, -0.2) is 13.6 Å². The first-order valence-corrected chi connectivity index (χ1v) is 9.95. The summed E-state index contributed by atoms with van der Waals surface area (Å²) in [5.74, 6) is -1.78. The second-order valence-corrected chi connectivity index (χ2v) is 7.37. The molecule has 0 spiro atoms. The van der Waals surface area contributed by atoms with Gasteiger partial charge in [-0.2, -0.15) is 4.39 Å². The van der Waals surface area contributed by atoms with Crippen molar-refractivity contribution in [3.8, 4) is 17.1 Å². The van der Waals surface area contributed by atoms with Crippen molar-refractivity contribution < 1.29 is 27.8 Å². The van der Waals surface area contributed by atoms with Crippen LogP contribution in [0.25, 0.3) is 11.3 Å². The molecule has 0 bridgehead atoms. The van der Waals surface area contributed by atoms with E-state index in [0.717, 1.165) is 6.07 Å². The van der Waals surface area contributed by atoms with Crippen LogP contribution in [0.15, 0.2) is 41.3 Å². The normalized spacial score (nSPS) is 12.2. The number of carboxylic acid groups (broad SMARTS) is 1. The fourth-order valence-corrected chi connectivity index (χ4v) is 3.46. The zero-order valence-electron chi connectivity index (χ0n) is 16.4. The smallest absolute Gasteiger partial charge is 0.341 e. The Kier molecular flexibility index (Phi) is 7.15. The minimum atomic E-state index is -3.33. The van der Waals surface area contributed by atoms with Crippen LogP contribution < -0.4 is 10.2 Å². The maximum Gasteiger partial charge on any atom is 0.341 e. The number of rotatable bonds is 8. The highest BCUT2D eigenvalue weighted by molar-refractivity contribution is 6.42. The molecule has 0 radical (unpaired) electrons. The van der Waals surface area contributed by atoms with Gasteiger partial charge in [-0.15, -0.1) is 5.10 Å². The van der Waals surface area contributed by atoms with E-state index in [4.69, 9.17) is 23.2 Å². The zero-order chi connectivity index (χ0) is 23.6. The van der Waals surface area contributed by atoms with Crippen molar-refractivity contribution in [1.29, 1.82) is 0 Å². The highest BCUT2D eigenvalue weighted by atomic mass is 35.5. The first-order valence-electron chi connectivity index (χ1n) is 9.20. The number of carbonyl (C=O) groups is 1. The molecular weight excluding hydrogens is 474 g/mol. The topological polar surface area (TPSA) is 86.4 Å². The lowest BCUT2D eigenvalue weighted by Crippen LogP contribution is -2.24. The van der Waals surface area contributed by atoms with Gasteiger partial charge in [0.2, 0.25) is 5.88 Å². The minimum absolute atomic E-state index is 0.0493. The molecule has 170 valence electrons. The molecule has 2 aromatic heterocycles. The lowest BCUT2D eigenvalue weighted by Gasteiger charge is -2.20. The van der Waals surface area contributed by atoms with Gasteiger partial charge in [-0.05, 0) is 19.1 Å². The van der Waals surface area contributed by atoms with E-state index in [1.807, 2.05) is 0 Å². The van der Waals surface area contributed by atoms with Crippen molar-refractivity contribution in [3.05, 3.63) is 68.1 Å². The van der Waals surface area contributed by atoms with E-state index < -0.39 is 29.7 Å². The van der Waals surface area contributed by atoms with Gasteiger partial charge in [-0.1, -0.05) is 29.3 Å². The van der Waals surface area contributed by atoms with Crippen molar-refractivity contribution in [3.63, 3.8) is 0 Å². The molecule has 0 saturated heterocycles. The van der Waals surface area contributed by atoms with Gasteiger partial charge >= 0.3 is 12.4 Å². The maximum absolute atomic E-state index is 13.1. The molecule has 7 nitrogen and oxygen atoms in total. The Bertz CT molecular complexity index is 1210. The standard InChI is InChI=1S/C20H16Cl2F3N3O4/c1-2-28-11(9-27-6-5-15(26-27)32-19(25)18(23)24)8-14(29)16(20(30)31)17(28)10-3-4-12(21)13(22)7-10/h3-8,18-19H,2,9H2,1H3,(H,30,31). The van der Waals surface area contributed by atoms with E-state index in [2.05, 4.69) is 9.84 Å². The summed E-state index contributed by atoms with van der Waals surface area (Å²) in [5.41, 5.74) is -0.353. The number of halogens is 5. The molecule has 0 saturated carbocycles. The van der Waals surface area contributed by atoms with E-state index in [1.54, 1.807) is 11.5 Å². The Morgan fingerprint density at radius 1 is 1.19 bits per heavy atom. The van der Waals surface area contributed by atoms with Crippen molar-refractivity contribution in [2.75, 3.05) is 0 Å². The van der Waals surface area contributed by atoms with Crippen LogP contribution in [0.1, 0.15) is 23.0 Å². The monoisotopic (exact) mass is 489 g/mol. The summed E-state index contributed by atoms with van der Waals surface area (Å²) in [5, 5.41) is 14.0. The molecule has 1 atom stereocenters. The Balaban J connectivity index is 2.09. The summed E-state index contributed by atoms with van der Waals surface area (Å²) in [4.78, 5) is 24.5. The van der Waals surface area contributed by atoms with E-state index >= 15 is 0 Å². The fraction of sp³-hybridized carbons (Fsp3) is 0.250. The summed E-state index contributed by atoms with van der Waals surface area (Å²) in [7, 11) is 0. The van der Waals surface area contributed by atoms with Gasteiger partial charge in [-0.3, -0.25) is 9.48 Å². The number of carboxylic acids is 1. The van der Waals surface area contributed by atoms with Gasteiger partial charge in [0.05, 0.1) is 22.3 Å². The highest BCUT2D eigenvalue weighted by Crippen LogP contribution is 2.30. The Labute approximate surface area is 189 Å². The van der Waals surface area contributed by atoms with E-state index in [1.165, 1.54) is 35.1 Å². The van der Waals surface area contributed by atoms with Crippen LogP contribution in [0, 0.1) is 0 Å². The van der Waals surface area contributed by atoms with Crippen molar-refractivity contribution in [2.24, 2.45) is 0 Å². The molecule has 12 heteroatoms. The Hall–Kier alpha value is -2.98. The number of hydrogen-bond donors (Lipinski definition) is 1. The maximum atomic E-state index is 13.1.